The second-order valence-corrected chi connectivity index (χ2v) is 4.99. The minimum absolute atomic E-state index is 1.05. The van der Waals surface area contributed by atoms with E-state index in [-0.39, 0.29) is 0 Å². The van der Waals surface area contributed by atoms with Crippen LogP contribution >= 0.6 is 0 Å². The van der Waals surface area contributed by atoms with E-state index in [2.05, 4.69) is 25.8 Å². The van der Waals surface area contributed by atoms with Crippen molar-refractivity contribution in [2.45, 2.75) is 6.42 Å². The first kappa shape index (κ1) is 15.9. The van der Waals surface area contributed by atoms with Crippen LogP contribution in [0.3, 0.4) is 0 Å². The molecule has 5 heteroatoms. The third-order valence-electron chi connectivity index (χ3n) is 3.52. The smallest absolute Gasteiger partial charge is 0.0110 e. The first-order chi connectivity index (χ1) is 8.86. The van der Waals surface area contributed by atoms with Gasteiger partial charge in [0.25, 0.3) is 0 Å². The third-order valence-corrected chi connectivity index (χ3v) is 3.52. The molecule has 0 bridgehead atoms. The van der Waals surface area contributed by atoms with Gasteiger partial charge in [-0.3, -0.25) is 4.90 Å². The van der Waals surface area contributed by atoms with Crippen LogP contribution in [0.25, 0.3) is 0 Å². The molecular weight excluding hydrogens is 226 g/mol. The molecule has 0 aromatic carbocycles. The van der Waals surface area contributed by atoms with Crippen LogP contribution < -0.4 is 16.0 Å². The van der Waals surface area contributed by atoms with Crippen LogP contribution in [0, 0.1) is 0 Å². The maximum absolute atomic E-state index is 3.46. The summed E-state index contributed by atoms with van der Waals surface area (Å²) in [6, 6.07) is 0. The van der Waals surface area contributed by atoms with Crippen LogP contribution in [0.4, 0.5) is 0 Å². The Bertz CT molecular complexity index is 180. The van der Waals surface area contributed by atoms with Gasteiger partial charge in [0.05, 0.1) is 0 Å². The first-order valence-electron chi connectivity index (χ1n) is 7.31. The second kappa shape index (κ2) is 10.7. The van der Waals surface area contributed by atoms with Crippen molar-refractivity contribution >= 4 is 0 Å². The third kappa shape index (κ3) is 7.28. The lowest BCUT2D eigenvalue weighted by atomic mass is 10.3. The molecule has 1 rings (SSSR count). The number of nitrogens with zero attached hydrogens (tertiary/aromatic N) is 2. The summed E-state index contributed by atoms with van der Waals surface area (Å²) in [6.45, 7) is 11.7. The largest absolute Gasteiger partial charge is 0.320 e. The van der Waals surface area contributed by atoms with Crippen LogP contribution in [-0.4, -0.2) is 89.3 Å². The minimum atomic E-state index is 1.05. The highest BCUT2D eigenvalue weighted by atomic mass is 15.3. The number of hydrogen-bond donors (Lipinski definition) is 3. The van der Waals surface area contributed by atoms with Crippen LogP contribution in [0.2, 0.25) is 0 Å². The van der Waals surface area contributed by atoms with Crippen LogP contribution in [-0.2, 0) is 0 Å². The van der Waals surface area contributed by atoms with Gasteiger partial charge < -0.3 is 20.9 Å². The first-order valence-corrected chi connectivity index (χ1v) is 7.31. The maximum Gasteiger partial charge on any atom is 0.0110 e. The Labute approximate surface area is 112 Å². The summed E-state index contributed by atoms with van der Waals surface area (Å²) >= 11 is 0. The van der Waals surface area contributed by atoms with Gasteiger partial charge in [-0.25, -0.2) is 0 Å². The molecule has 3 N–H and O–H groups in total. The van der Waals surface area contributed by atoms with Crippen molar-refractivity contribution in [2.75, 3.05) is 79.5 Å². The predicted molar refractivity (Wildman–Crippen MR) is 78.2 cm³/mol. The highest BCUT2D eigenvalue weighted by Crippen LogP contribution is 2.01. The summed E-state index contributed by atoms with van der Waals surface area (Å²) in [7, 11) is 4.02. The Morgan fingerprint density at radius 2 is 1.33 bits per heavy atom. The van der Waals surface area contributed by atoms with Crippen molar-refractivity contribution < 1.29 is 0 Å². The average molecular weight is 257 g/mol. The molecule has 0 aromatic rings. The molecule has 5 nitrogen and oxygen atoms in total. The summed E-state index contributed by atoms with van der Waals surface area (Å²) < 4.78 is 0. The Kier molecular flexibility index (Phi) is 9.42. The molecule has 1 fully saturated rings. The fraction of sp³-hybridized carbons (Fsp3) is 1.00. The quantitative estimate of drug-likeness (QED) is 0.439. The zero-order valence-corrected chi connectivity index (χ0v) is 12.2. The van der Waals surface area contributed by atoms with Gasteiger partial charge in [0.2, 0.25) is 0 Å². The van der Waals surface area contributed by atoms with E-state index in [1.165, 1.54) is 45.7 Å². The Balaban J connectivity index is 1.94. The zero-order valence-electron chi connectivity index (χ0n) is 12.2. The van der Waals surface area contributed by atoms with Gasteiger partial charge in [-0.1, -0.05) is 0 Å². The normalized spacial score (nSPS) is 18.3. The number of rotatable bonds is 10. The summed E-state index contributed by atoms with van der Waals surface area (Å²) in [5.41, 5.74) is 0. The van der Waals surface area contributed by atoms with Crippen molar-refractivity contribution in [3.05, 3.63) is 0 Å². The summed E-state index contributed by atoms with van der Waals surface area (Å²) in [5.74, 6) is 0. The van der Waals surface area contributed by atoms with Crippen LogP contribution in [0.5, 0.6) is 0 Å². The number of hydrogen-bond acceptors (Lipinski definition) is 5. The zero-order chi connectivity index (χ0) is 13.1. The Hall–Kier alpha value is -0.200. The fourth-order valence-electron chi connectivity index (χ4n) is 2.29. The molecule has 0 spiro atoms. The maximum atomic E-state index is 3.46. The van der Waals surface area contributed by atoms with Crippen molar-refractivity contribution in [3.8, 4) is 0 Å². The molecule has 1 aliphatic heterocycles. The number of piperazine rings is 1. The molecule has 18 heavy (non-hydrogen) atoms. The Morgan fingerprint density at radius 1 is 0.722 bits per heavy atom. The summed E-state index contributed by atoms with van der Waals surface area (Å²) in [4.78, 5) is 5.16. The summed E-state index contributed by atoms with van der Waals surface area (Å²) in [5, 5.41) is 9.82. The molecule has 0 aliphatic carbocycles. The predicted octanol–water partition coefficient (Wildman–Crippen LogP) is -0.977. The van der Waals surface area contributed by atoms with E-state index >= 15 is 0 Å². The molecule has 1 heterocycles. The molecule has 1 saturated heterocycles. The fourth-order valence-corrected chi connectivity index (χ4v) is 2.29. The molecule has 0 atom stereocenters. The van der Waals surface area contributed by atoms with Gasteiger partial charge in [-0.05, 0) is 33.6 Å². The molecule has 0 aromatic heterocycles. The highest BCUT2D eigenvalue weighted by Gasteiger charge is 2.15. The van der Waals surface area contributed by atoms with Gasteiger partial charge in [0, 0.05) is 52.4 Å². The Morgan fingerprint density at radius 3 is 1.94 bits per heavy atom. The van der Waals surface area contributed by atoms with Gasteiger partial charge in [-0.2, -0.15) is 0 Å². The van der Waals surface area contributed by atoms with E-state index in [9.17, 15) is 0 Å². The lowest BCUT2D eigenvalue weighted by Gasteiger charge is -2.34. The van der Waals surface area contributed by atoms with Gasteiger partial charge in [0.1, 0.15) is 0 Å². The monoisotopic (exact) mass is 257 g/mol. The summed E-state index contributed by atoms with van der Waals surface area (Å²) in [6.07, 6.45) is 1.27. The highest BCUT2D eigenvalue weighted by molar-refractivity contribution is 4.72. The van der Waals surface area contributed by atoms with Gasteiger partial charge >= 0.3 is 0 Å². The molecule has 0 unspecified atom stereocenters. The number of nitrogens with one attached hydrogen (secondary N) is 3. The van der Waals surface area contributed by atoms with E-state index in [1.54, 1.807) is 0 Å². The van der Waals surface area contributed by atoms with E-state index < -0.39 is 0 Å². The molecule has 1 aliphatic rings. The van der Waals surface area contributed by atoms with Crippen molar-refractivity contribution in [3.63, 3.8) is 0 Å². The second-order valence-electron chi connectivity index (χ2n) is 4.99. The SMILES string of the molecule is CNCCCN1CCN(CCNCCNC)CC1. The molecule has 0 saturated carbocycles. The van der Waals surface area contributed by atoms with Gasteiger partial charge in [0.15, 0.2) is 0 Å². The topological polar surface area (TPSA) is 42.6 Å². The molecular formula is C13H31N5. The van der Waals surface area contributed by atoms with Crippen molar-refractivity contribution in [2.24, 2.45) is 0 Å². The van der Waals surface area contributed by atoms with Crippen LogP contribution in [0.1, 0.15) is 6.42 Å². The van der Waals surface area contributed by atoms with E-state index in [4.69, 9.17) is 0 Å². The van der Waals surface area contributed by atoms with Crippen molar-refractivity contribution in [1.29, 1.82) is 0 Å². The average Bonchev–Trinajstić information content (AvgIpc) is 2.40. The van der Waals surface area contributed by atoms with E-state index in [0.29, 0.717) is 0 Å². The lowest BCUT2D eigenvalue weighted by molar-refractivity contribution is 0.132. The molecule has 108 valence electrons. The molecule has 0 amide bonds. The standard InChI is InChI=1S/C13H31N5/c1-14-4-3-8-17-10-12-18(13-11-17)9-7-16-6-5-15-2/h14-16H,3-13H2,1-2H3. The van der Waals surface area contributed by atoms with Crippen LogP contribution in [0.15, 0.2) is 0 Å². The number of likely N-dealkylation sites (N-methyl/N-ethyl adjacent to an activating group) is 1. The lowest BCUT2D eigenvalue weighted by Crippen LogP contribution is -2.48. The molecule has 0 radical (unpaired) electrons. The van der Waals surface area contributed by atoms with E-state index in [1.807, 2.05) is 14.1 Å². The minimum Gasteiger partial charge on any atom is -0.320 e. The van der Waals surface area contributed by atoms with Gasteiger partial charge in [-0.15, -0.1) is 0 Å². The van der Waals surface area contributed by atoms with Crippen molar-refractivity contribution in [1.82, 2.24) is 25.8 Å². The van der Waals surface area contributed by atoms with E-state index in [0.717, 1.165) is 26.2 Å².